The summed E-state index contributed by atoms with van der Waals surface area (Å²) in [4.78, 5) is 24.8. The maximum atomic E-state index is 12.8. The van der Waals surface area contributed by atoms with Crippen molar-refractivity contribution in [3.8, 4) is 0 Å². The van der Waals surface area contributed by atoms with Gasteiger partial charge in [0.05, 0.1) is 11.7 Å². The number of ether oxygens (including phenoxy) is 2. The standard InChI is InChI=1S/C20H28O4/c1-12-7-5-9-13(2)17(21)18-15(14(3)19(22)23-18)11-16-20(4,24-16)10-6-8-12/h8,13,15-16,18H,3,5-7,9-11H2,1-2,4H3/t13-,15+,16+,18-,20-/m1/s1. The number of ketones is 1. The molecule has 0 aromatic carbocycles. The maximum absolute atomic E-state index is 12.8. The van der Waals surface area contributed by atoms with E-state index in [0.717, 1.165) is 32.1 Å². The van der Waals surface area contributed by atoms with Crippen LogP contribution in [0.25, 0.3) is 0 Å². The number of carbonyl (C=O) groups is 2. The monoisotopic (exact) mass is 332 g/mol. The zero-order chi connectivity index (χ0) is 17.5. The molecule has 2 saturated heterocycles. The summed E-state index contributed by atoms with van der Waals surface area (Å²) in [5, 5.41) is 0. The van der Waals surface area contributed by atoms with Crippen LogP contribution in [0, 0.1) is 11.8 Å². The van der Waals surface area contributed by atoms with E-state index in [4.69, 9.17) is 9.47 Å². The predicted octanol–water partition coefficient (Wildman–Crippen LogP) is 3.75. The van der Waals surface area contributed by atoms with Crippen LogP contribution in [0.15, 0.2) is 23.8 Å². The van der Waals surface area contributed by atoms with Gasteiger partial charge in [-0.2, -0.15) is 0 Å². The number of carbonyl (C=O) groups excluding carboxylic acids is 2. The summed E-state index contributed by atoms with van der Waals surface area (Å²) in [6.07, 6.45) is 7.16. The zero-order valence-corrected chi connectivity index (χ0v) is 15.0. The Bertz CT molecular complexity index is 590. The summed E-state index contributed by atoms with van der Waals surface area (Å²) in [6, 6.07) is 0. The van der Waals surface area contributed by atoms with E-state index in [1.807, 2.05) is 6.92 Å². The van der Waals surface area contributed by atoms with Crippen molar-refractivity contribution in [3.05, 3.63) is 23.8 Å². The minimum atomic E-state index is -0.673. The van der Waals surface area contributed by atoms with E-state index in [1.165, 1.54) is 5.57 Å². The van der Waals surface area contributed by atoms with Crippen molar-refractivity contribution in [1.29, 1.82) is 0 Å². The topological polar surface area (TPSA) is 55.9 Å². The lowest BCUT2D eigenvalue weighted by atomic mass is 9.82. The van der Waals surface area contributed by atoms with Crippen LogP contribution in [0.2, 0.25) is 0 Å². The number of fused-ring (bicyclic) bond motifs is 2. The van der Waals surface area contributed by atoms with Crippen molar-refractivity contribution in [2.75, 3.05) is 0 Å². The molecule has 4 heteroatoms. The predicted molar refractivity (Wildman–Crippen MR) is 91.4 cm³/mol. The molecule has 0 aromatic heterocycles. The number of rotatable bonds is 0. The van der Waals surface area contributed by atoms with Crippen LogP contribution >= 0.6 is 0 Å². The van der Waals surface area contributed by atoms with Gasteiger partial charge in [0.15, 0.2) is 11.9 Å². The molecule has 0 unspecified atom stereocenters. The molecule has 3 rings (SSSR count). The second-order valence-electron chi connectivity index (χ2n) is 7.90. The number of epoxide rings is 1. The van der Waals surface area contributed by atoms with Crippen LogP contribution in [0.3, 0.4) is 0 Å². The summed E-state index contributed by atoms with van der Waals surface area (Å²) in [6.45, 7) is 10.1. The highest BCUT2D eigenvalue weighted by Crippen LogP contribution is 2.47. The van der Waals surface area contributed by atoms with Crippen molar-refractivity contribution >= 4 is 11.8 Å². The van der Waals surface area contributed by atoms with Crippen LogP contribution in [-0.2, 0) is 19.1 Å². The molecule has 1 aliphatic carbocycles. The van der Waals surface area contributed by atoms with Gasteiger partial charge < -0.3 is 9.47 Å². The Morgan fingerprint density at radius 2 is 2.08 bits per heavy atom. The Labute approximate surface area is 144 Å². The fourth-order valence-electron chi connectivity index (χ4n) is 3.99. The van der Waals surface area contributed by atoms with Crippen molar-refractivity contribution < 1.29 is 19.1 Å². The van der Waals surface area contributed by atoms with Crippen molar-refractivity contribution in [2.24, 2.45) is 11.8 Å². The molecule has 0 saturated carbocycles. The van der Waals surface area contributed by atoms with Crippen LogP contribution in [0.1, 0.15) is 59.3 Å². The lowest BCUT2D eigenvalue weighted by molar-refractivity contribution is -0.148. The molecule has 5 atom stereocenters. The van der Waals surface area contributed by atoms with Gasteiger partial charge in [-0.25, -0.2) is 4.79 Å². The van der Waals surface area contributed by atoms with Gasteiger partial charge in [0, 0.05) is 17.4 Å². The average Bonchev–Trinajstić information content (AvgIpc) is 3.08. The first-order valence-corrected chi connectivity index (χ1v) is 9.09. The fraction of sp³-hybridized carbons (Fsp3) is 0.700. The normalized spacial score (nSPS) is 41.0. The van der Waals surface area contributed by atoms with Gasteiger partial charge >= 0.3 is 5.97 Å². The summed E-state index contributed by atoms with van der Waals surface area (Å²) in [5.74, 6) is -0.722. The minimum Gasteiger partial charge on any atom is -0.450 e. The van der Waals surface area contributed by atoms with E-state index in [2.05, 4.69) is 26.5 Å². The molecule has 0 bridgehead atoms. The third-order valence-corrected chi connectivity index (χ3v) is 5.92. The molecule has 0 radical (unpaired) electrons. The van der Waals surface area contributed by atoms with Gasteiger partial charge in [0.25, 0.3) is 0 Å². The van der Waals surface area contributed by atoms with Crippen LogP contribution in [0.5, 0.6) is 0 Å². The van der Waals surface area contributed by atoms with Gasteiger partial charge in [-0.05, 0) is 52.4 Å². The molecule has 2 fully saturated rings. The molecule has 24 heavy (non-hydrogen) atoms. The van der Waals surface area contributed by atoms with E-state index in [0.29, 0.717) is 12.0 Å². The van der Waals surface area contributed by atoms with Gasteiger partial charge in [-0.1, -0.05) is 25.2 Å². The number of esters is 1. The molecule has 0 spiro atoms. The summed E-state index contributed by atoms with van der Waals surface area (Å²) < 4.78 is 11.3. The lowest BCUT2D eigenvalue weighted by Crippen LogP contribution is -2.33. The Kier molecular flexibility index (Phi) is 4.69. The summed E-state index contributed by atoms with van der Waals surface area (Å²) in [7, 11) is 0. The Balaban J connectivity index is 1.81. The van der Waals surface area contributed by atoms with Crippen molar-refractivity contribution in [1.82, 2.24) is 0 Å². The minimum absolute atomic E-state index is 0.0352. The maximum Gasteiger partial charge on any atom is 0.334 e. The molecule has 0 amide bonds. The Morgan fingerprint density at radius 3 is 2.83 bits per heavy atom. The van der Waals surface area contributed by atoms with E-state index in [9.17, 15) is 9.59 Å². The SMILES string of the molecule is C=C1C(=O)O[C@H]2C(=O)[C@H](C)CCCC(C)=CCC[C@@]3(C)O[C@H]3C[C@@H]12. The van der Waals surface area contributed by atoms with E-state index in [1.54, 1.807) is 0 Å². The van der Waals surface area contributed by atoms with Gasteiger partial charge in [0.2, 0.25) is 0 Å². The van der Waals surface area contributed by atoms with Crippen LogP contribution < -0.4 is 0 Å². The highest BCUT2D eigenvalue weighted by molar-refractivity contribution is 5.98. The molecule has 3 aliphatic rings. The summed E-state index contributed by atoms with van der Waals surface area (Å²) in [5.41, 5.74) is 1.67. The quantitative estimate of drug-likeness (QED) is 0.293. The van der Waals surface area contributed by atoms with Gasteiger partial charge in [-0.3, -0.25) is 4.79 Å². The smallest absolute Gasteiger partial charge is 0.334 e. The van der Waals surface area contributed by atoms with E-state index in [-0.39, 0.29) is 29.3 Å². The fourth-order valence-corrected chi connectivity index (χ4v) is 3.99. The van der Waals surface area contributed by atoms with Crippen LogP contribution in [0.4, 0.5) is 0 Å². The largest absolute Gasteiger partial charge is 0.450 e. The lowest BCUT2D eigenvalue weighted by Gasteiger charge is -2.20. The number of hydrogen-bond donors (Lipinski definition) is 0. The first kappa shape index (κ1) is 17.4. The van der Waals surface area contributed by atoms with Gasteiger partial charge in [0.1, 0.15) is 0 Å². The highest BCUT2D eigenvalue weighted by atomic mass is 16.6. The highest BCUT2D eigenvalue weighted by Gasteiger charge is 2.55. The summed E-state index contributed by atoms with van der Waals surface area (Å²) >= 11 is 0. The first-order chi connectivity index (χ1) is 11.3. The Morgan fingerprint density at radius 1 is 1.33 bits per heavy atom. The van der Waals surface area contributed by atoms with Crippen molar-refractivity contribution in [3.63, 3.8) is 0 Å². The molecule has 0 aromatic rings. The molecule has 2 aliphatic heterocycles. The molecular formula is C20H28O4. The number of hydrogen-bond acceptors (Lipinski definition) is 4. The number of Topliss-reactive ketones (excluding diaryl/α,β-unsaturated/α-hetero) is 1. The molecule has 4 nitrogen and oxygen atoms in total. The van der Waals surface area contributed by atoms with Crippen molar-refractivity contribution in [2.45, 2.75) is 77.1 Å². The second-order valence-corrected chi connectivity index (χ2v) is 7.90. The second kappa shape index (κ2) is 6.47. The third kappa shape index (κ3) is 3.34. The first-order valence-electron chi connectivity index (χ1n) is 9.09. The number of allylic oxidation sites excluding steroid dienone is 2. The molecule has 132 valence electrons. The molecular weight excluding hydrogens is 304 g/mol. The average molecular weight is 332 g/mol. The Hall–Kier alpha value is -1.42. The van der Waals surface area contributed by atoms with E-state index < -0.39 is 12.1 Å². The zero-order valence-electron chi connectivity index (χ0n) is 15.0. The van der Waals surface area contributed by atoms with Gasteiger partial charge in [-0.15, -0.1) is 0 Å². The molecule has 0 N–H and O–H groups in total. The van der Waals surface area contributed by atoms with E-state index >= 15 is 0 Å². The third-order valence-electron chi connectivity index (χ3n) is 5.92. The molecule has 2 heterocycles. The van der Waals surface area contributed by atoms with Crippen LogP contribution in [-0.4, -0.2) is 29.6 Å².